The average molecular weight is 288 g/mol. The van der Waals surface area contributed by atoms with E-state index in [1.54, 1.807) is 6.20 Å². The van der Waals surface area contributed by atoms with Crippen molar-refractivity contribution in [1.29, 1.82) is 0 Å². The molecule has 0 saturated heterocycles. The number of aryl methyl sites for hydroxylation is 1. The monoisotopic (exact) mass is 287 g/mol. The highest BCUT2D eigenvalue weighted by Crippen LogP contribution is 2.24. The van der Waals surface area contributed by atoms with Gasteiger partial charge in [-0.3, -0.25) is 9.89 Å². The second-order valence-corrected chi connectivity index (χ2v) is 5.12. The zero-order valence-corrected chi connectivity index (χ0v) is 12.0. The Kier molecular flexibility index (Phi) is 3.10. The lowest BCUT2D eigenvalue weighted by atomic mass is 10.1. The maximum atomic E-state index is 12.3. The van der Waals surface area contributed by atoms with Gasteiger partial charge in [0.15, 0.2) is 5.65 Å². The summed E-state index contributed by atoms with van der Waals surface area (Å²) in [6.07, 6.45) is 2.47. The molecule has 0 unspecified atom stereocenters. The van der Waals surface area contributed by atoms with Crippen LogP contribution in [0.4, 0.5) is 0 Å². The van der Waals surface area contributed by atoms with Crippen LogP contribution in [0.1, 0.15) is 18.2 Å². The summed E-state index contributed by atoms with van der Waals surface area (Å²) in [5.74, 6) is 0. The van der Waals surface area contributed by atoms with Crippen molar-refractivity contribution in [3.05, 3.63) is 57.1 Å². The fourth-order valence-electron chi connectivity index (χ4n) is 2.41. The molecule has 2 aromatic heterocycles. The molecule has 0 aliphatic rings. The average Bonchev–Trinajstić information content (AvgIpc) is 2.84. The first kappa shape index (κ1) is 12.9. The van der Waals surface area contributed by atoms with Crippen LogP contribution >= 0.6 is 11.6 Å². The van der Waals surface area contributed by atoms with Crippen molar-refractivity contribution in [2.75, 3.05) is 0 Å². The molecule has 3 rings (SSSR count). The molecule has 1 N–H and O–H groups in total. The molecule has 2 heterocycles. The number of aromatic amines is 1. The second-order valence-electron chi connectivity index (χ2n) is 4.69. The van der Waals surface area contributed by atoms with Crippen molar-refractivity contribution < 1.29 is 0 Å². The van der Waals surface area contributed by atoms with Crippen molar-refractivity contribution in [3.8, 4) is 11.1 Å². The standard InChI is InChI=1S/C15H14ClN3O/c1-3-12-9(2)18-14-13(8-17-19(14)15(12)20)10-4-6-11(16)7-5-10/h4-8,17H,3H2,1-2H3. The van der Waals surface area contributed by atoms with Gasteiger partial charge in [0, 0.05) is 28.0 Å². The number of nitrogens with one attached hydrogen (secondary N) is 1. The molecule has 0 fully saturated rings. The molecule has 0 saturated carbocycles. The van der Waals surface area contributed by atoms with Crippen molar-refractivity contribution in [3.63, 3.8) is 0 Å². The lowest BCUT2D eigenvalue weighted by molar-refractivity contribution is 0.853. The number of hydrogen-bond acceptors (Lipinski definition) is 2. The van der Waals surface area contributed by atoms with Gasteiger partial charge in [0.1, 0.15) is 0 Å². The summed E-state index contributed by atoms with van der Waals surface area (Å²) in [7, 11) is 0. The number of hydrogen-bond donors (Lipinski definition) is 1. The Labute approximate surface area is 121 Å². The second kappa shape index (κ2) is 4.80. The molecule has 0 amide bonds. The molecule has 0 aliphatic carbocycles. The Morgan fingerprint density at radius 3 is 2.65 bits per heavy atom. The third kappa shape index (κ3) is 1.93. The van der Waals surface area contributed by atoms with Crippen molar-refractivity contribution in [2.45, 2.75) is 20.3 Å². The molecule has 102 valence electrons. The SMILES string of the molecule is CCc1c(C)nc2c(-c3ccc(Cl)cc3)c[nH]n2c1=O. The minimum Gasteiger partial charge on any atom is -0.296 e. The molecule has 0 aliphatic heterocycles. The van der Waals surface area contributed by atoms with E-state index in [1.807, 2.05) is 38.1 Å². The summed E-state index contributed by atoms with van der Waals surface area (Å²) in [6, 6.07) is 7.49. The van der Waals surface area contributed by atoms with Gasteiger partial charge in [-0.15, -0.1) is 0 Å². The van der Waals surface area contributed by atoms with Gasteiger partial charge >= 0.3 is 0 Å². The van der Waals surface area contributed by atoms with Gasteiger partial charge in [-0.05, 0) is 31.0 Å². The van der Waals surface area contributed by atoms with Crippen LogP contribution in [0.5, 0.6) is 0 Å². The third-order valence-electron chi connectivity index (χ3n) is 3.47. The lowest BCUT2D eigenvalue weighted by Crippen LogP contribution is -2.21. The van der Waals surface area contributed by atoms with Gasteiger partial charge in [-0.25, -0.2) is 9.50 Å². The topological polar surface area (TPSA) is 50.2 Å². The first-order valence-corrected chi connectivity index (χ1v) is 6.85. The number of benzene rings is 1. The van der Waals surface area contributed by atoms with E-state index < -0.39 is 0 Å². The van der Waals surface area contributed by atoms with Crippen molar-refractivity contribution >= 4 is 17.2 Å². The Balaban J connectivity index is 2.29. The van der Waals surface area contributed by atoms with Crippen LogP contribution in [0.25, 0.3) is 16.8 Å². The van der Waals surface area contributed by atoms with Crippen LogP contribution in [-0.2, 0) is 6.42 Å². The molecule has 0 atom stereocenters. The van der Waals surface area contributed by atoms with Gasteiger partial charge in [0.05, 0.1) is 0 Å². The molecule has 0 radical (unpaired) electrons. The summed E-state index contributed by atoms with van der Waals surface area (Å²) >= 11 is 5.90. The summed E-state index contributed by atoms with van der Waals surface area (Å²) < 4.78 is 1.50. The Morgan fingerprint density at radius 2 is 2.00 bits per heavy atom. The summed E-state index contributed by atoms with van der Waals surface area (Å²) in [5, 5.41) is 3.66. The van der Waals surface area contributed by atoms with Crippen LogP contribution in [0.2, 0.25) is 5.02 Å². The van der Waals surface area contributed by atoms with E-state index in [0.29, 0.717) is 17.1 Å². The minimum absolute atomic E-state index is 0.0322. The zero-order valence-electron chi connectivity index (χ0n) is 11.3. The molecule has 1 aromatic carbocycles. The largest absolute Gasteiger partial charge is 0.296 e. The fraction of sp³-hybridized carbons (Fsp3) is 0.200. The van der Waals surface area contributed by atoms with E-state index in [-0.39, 0.29) is 5.56 Å². The van der Waals surface area contributed by atoms with Crippen molar-refractivity contribution in [2.24, 2.45) is 0 Å². The fourth-order valence-corrected chi connectivity index (χ4v) is 2.53. The van der Waals surface area contributed by atoms with Crippen molar-refractivity contribution in [1.82, 2.24) is 14.6 Å². The number of H-pyrrole nitrogens is 1. The van der Waals surface area contributed by atoms with Crippen LogP contribution in [0, 0.1) is 6.92 Å². The maximum Gasteiger partial charge on any atom is 0.276 e. The smallest absolute Gasteiger partial charge is 0.276 e. The normalized spacial score (nSPS) is 11.2. The quantitative estimate of drug-likeness (QED) is 0.787. The predicted molar refractivity (Wildman–Crippen MR) is 80.4 cm³/mol. The van der Waals surface area contributed by atoms with E-state index in [9.17, 15) is 4.79 Å². The third-order valence-corrected chi connectivity index (χ3v) is 3.72. The molecule has 3 aromatic rings. The summed E-state index contributed by atoms with van der Waals surface area (Å²) in [6.45, 7) is 3.83. The predicted octanol–water partition coefficient (Wildman–Crippen LogP) is 3.21. The first-order chi connectivity index (χ1) is 9.61. The van der Waals surface area contributed by atoms with Gasteiger partial charge < -0.3 is 0 Å². The van der Waals surface area contributed by atoms with E-state index in [1.165, 1.54) is 4.52 Å². The van der Waals surface area contributed by atoms with Crippen LogP contribution in [0.3, 0.4) is 0 Å². The lowest BCUT2D eigenvalue weighted by Gasteiger charge is -2.04. The molecule has 5 heteroatoms. The Morgan fingerprint density at radius 1 is 1.30 bits per heavy atom. The molecule has 4 nitrogen and oxygen atoms in total. The zero-order chi connectivity index (χ0) is 14.3. The molecule has 0 bridgehead atoms. The molecular weight excluding hydrogens is 274 g/mol. The van der Waals surface area contributed by atoms with Crippen LogP contribution in [-0.4, -0.2) is 14.6 Å². The number of aromatic nitrogens is 3. The molecule has 0 spiro atoms. The molecular formula is C15H14ClN3O. The minimum atomic E-state index is -0.0322. The Hall–Kier alpha value is -2.07. The van der Waals surface area contributed by atoms with Crippen LogP contribution in [0.15, 0.2) is 35.3 Å². The highest BCUT2D eigenvalue weighted by molar-refractivity contribution is 6.30. The molecule has 20 heavy (non-hydrogen) atoms. The van der Waals surface area contributed by atoms with Gasteiger partial charge in [0.2, 0.25) is 0 Å². The van der Waals surface area contributed by atoms with Crippen LogP contribution < -0.4 is 5.56 Å². The van der Waals surface area contributed by atoms with E-state index >= 15 is 0 Å². The first-order valence-electron chi connectivity index (χ1n) is 6.47. The Bertz CT molecular complexity index is 831. The number of halogens is 1. The van der Waals surface area contributed by atoms with Gasteiger partial charge in [-0.1, -0.05) is 30.7 Å². The van der Waals surface area contributed by atoms with E-state index in [0.717, 1.165) is 22.4 Å². The number of rotatable bonds is 2. The maximum absolute atomic E-state index is 12.3. The number of nitrogens with zero attached hydrogens (tertiary/aromatic N) is 2. The highest BCUT2D eigenvalue weighted by atomic mass is 35.5. The summed E-state index contributed by atoms with van der Waals surface area (Å²) in [4.78, 5) is 16.9. The summed E-state index contributed by atoms with van der Waals surface area (Å²) in [5.41, 5.74) is 4.01. The number of fused-ring (bicyclic) bond motifs is 1. The van der Waals surface area contributed by atoms with Gasteiger partial charge in [-0.2, -0.15) is 0 Å². The van der Waals surface area contributed by atoms with E-state index in [4.69, 9.17) is 11.6 Å². The van der Waals surface area contributed by atoms with E-state index in [2.05, 4.69) is 10.1 Å². The van der Waals surface area contributed by atoms with Gasteiger partial charge in [0.25, 0.3) is 5.56 Å². The highest BCUT2D eigenvalue weighted by Gasteiger charge is 2.13.